The van der Waals surface area contributed by atoms with Gasteiger partial charge in [0.2, 0.25) is 0 Å². The summed E-state index contributed by atoms with van der Waals surface area (Å²) in [5.74, 6) is 0. The van der Waals surface area contributed by atoms with Crippen LogP contribution in [0.2, 0.25) is 0 Å². The van der Waals surface area contributed by atoms with Crippen molar-refractivity contribution >= 4 is 12.6 Å². The minimum atomic E-state index is 0.480. The van der Waals surface area contributed by atoms with Crippen LogP contribution < -0.4 is 0 Å². The minimum Gasteiger partial charge on any atom is -0.298 e. The standard InChI is InChI=1S/2C20H17N5O/c2*1-14-8-10-18(11-9-14)25-15(2)19(21-23-25)20-16(13-26)12-24(22-20)17-6-4-3-5-7-17/h2*3-13H,1-2H3. The zero-order valence-corrected chi connectivity index (χ0v) is 29.0. The third kappa shape index (κ3) is 6.60. The molecule has 0 saturated carbocycles. The average molecular weight is 687 g/mol. The topological polar surface area (TPSA) is 131 Å². The molecule has 0 fully saturated rings. The van der Waals surface area contributed by atoms with Gasteiger partial charge >= 0.3 is 0 Å². The lowest BCUT2D eigenvalue weighted by molar-refractivity contribution is 0.111. The van der Waals surface area contributed by atoms with Crippen LogP contribution in [-0.4, -0.2) is 62.1 Å². The Labute approximate surface area is 299 Å². The Balaban J connectivity index is 0.000000162. The van der Waals surface area contributed by atoms with Crippen LogP contribution in [-0.2, 0) is 0 Å². The molecule has 12 heteroatoms. The Morgan fingerprint density at radius 1 is 0.442 bits per heavy atom. The normalized spacial score (nSPS) is 10.8. The van der Waals surface area contributed by atoms with Crippen LogP contribution in [0.1, 0.15) is 43.2 Å². The summed E-state index contributed by atoms with van der Waals surface area (Å²) in [5, 5.41) is 26.2. The molecule has 0 N–H and O–H groups in total. The number of carbonyl (C=O) groups is 2. The molecule has 8 rings (SSSR count). The SMILES string of the molecule is Cc1ccc(-n2nnc(-c3nn(-c4ccccc4)cc3C=O)c2C)cc1.Cc1ccc(-n2nnc(-c3nn(-c4ccccc4)cc3C=O)c2C)cc1. The summed E-state index contributed by atoms with van der Waals surface area (Å²) in [6.07, 6.45) is 5.02. The molecule has 0 bridgehead atoms. The number of aromatic nitrogens is 10. The molecule has 0 atom stereocenters. The Morgan fingerprint density at radius 3 is 1.15 bits per heavy atom. The molecule has 4 aromatic carbocycles. The molecule has 0 amide bonds. The average Bonchev–Trinajstić information content (AvgIpc) is 3.98. The predicted octanol–water partition coefficient (Wildman–Crippen LogP) is 7.10. The lowest BCUT2D eigenvalue weighted by Crippen LogP contribution is -1.99. The quantitative estimate of drug-likeness (QED) is 0.155. The number of hydrogen-bond donors (Lipinski definition) is 0. The lowest BCUT2D eigenvalue weighted by Gasteiger charge is -2.04. The van der Waals surface area contributed by atoms with E-state index in [1.165, 1.54) is 11.1 Å². The van der Waals surface area contributed by atoms with Gasteiger partial charge in [-0.2, -0.15) is 10.2 Å². The second kappa shape index (κ2) is 14.4. The molecule has 52 heavy (non-hydrogen) atoms. The second-order valence-corrected chi connectivity index (χ2v) is 12.2. The van der Waals surface area contributed by atoms with Gasteiger partial charge in [-0.3, -0.25) is 9.59 Å². The van der Waals surface area contributed by atoms with E-state index in [9.17, 15) is 9.59 Å². The first-order valence-corrected chi connectivity index (χ1v) is 16.5. The highest BCUT2D eigenvalue weighted by atomic mass is 16.1. The molecule has 8 aromatic rings. The van der Waals surface area contributed by atoms with Gasteiger partial charge < -0.3 is 0 Å². The van der Waals surface area contributed by atoms with Gasteiger partial charge in [-0.25, -0.2) is 18.7 Å². The van der Waals surface area contributed by atoms with Crippen LogP contribution in [0, 0.1) is 27.7 Å². The van der Waals surface area contributed by atoms with Crippen molar-refractivity contribution in [1.82, 2.24) is 49.5 Å². The number of rotatable bonds is 8. The van der Waals surface area contributed by atoms with Gasteiger partial charge in [0, 0.05) is 12.4 Å². The van der Waals surface area contributed by atoms with E-state index in [1.807, 2.05) is 137 Å². The highest BCUT2D eigenvalue weighted by Gasteiger charge is 2.21. The van der Waals surface area contributed by atoms with E-state index >= 15 is 0 Å². The molecule has 4 aromatic heterocycles. The van der Waals surface area contributed by atoms with Crippen molar-refractivity contribution in [3.05, 3.63) is 155 Å². The Morgan fingerprint density at radius 2 is 0.808 bits per heavy atom. The highest BCUT2D eigenvalue weighted by molar-refractivity contribution is 5.86. The summed E-state index contributed by atoms with van der Waals surface area (Å²) in [5.41, 5.74) is 10.8. The first kappa shape index (κ1) is 33.4. The van der Waals surface area contributed by atoms with E-state index < -0.39 is 0 Å². The van der Waals surface area contributed by atoms with Gasteiger partial charge in [-0.1, -0.05) is 82.2 Å². The zero-order chi connectivity index (χ0) is 36.2. The highest BCUT2D eigenvalue weighted by Crippen LogP contribution is 2.27. The summed E-state index contributed by atoms with van der Waals surface area (Å²) < 4.78 is 6.88. The second-order valence-electron chi connectivity index (χ2n) is 12.2. The fourth-order valence-corrected chi connectivity index (χ4v) is 5.70. The van der Waals surface area contributed by atoms with Crippen molar-refractivity contribution in [3.8, 4) is 45.5 Å². The van der Waals surface area contributed by atoms with Gasteiger partial charge in [0.25, 0.3) is 0 Å². The van der Waals surface area contributed by atoms with Crippen molar-refractivity contribution in [3.63, 3.8) is 0 Å². The van der Waals surface area contributed by atoms with Gasteiger partial charge in [0.15, 0.2) is 12.6 Å². The van der Waals surface area contributed by atoms with E-state index in [4.69, 9.17) is 0 Å². The molecule has 0 saturated heterocycles. The Kier molecular flexibility index (Phi) is 9.26. The summed E-state index contributed by atoms with van der Waals surface area (Å²) in [7, 11) is 0. The van der Waals surface area contributed by atoms with E-state index in [1.54, 1.807) is 31.1 Å². The van der Waals surface area contributed by atoms with Gasteiger partial charge in [-0.05, 0) is 76.2 Å². The zero-order valence-electron chi connectivity index (χ0n) is 29.0. The largest absolute Gasteiger partial charge is 0.298 e. The Hall–Kier alpha value is -7.08. The number of carbonyl (C=O) groups excluding carboxylic acids is 2. The fraction of sp³-hybridized carbons (Fsp3) is 0.100. The van der Waals surface area contributed by atoms with Crippen LogP contribution in [0.3, 0.4) is 0 Å². The summed E-state index contributed by atoms with van der Waals surface area (Å²) in [6, 6.07) is 35.4. The van der Waals surface area contributed by atoms with Crippen LogP contribution in [0.4, 0.5) is 0 Å². The third-order valence-electron chi connectivity index (χ3n) is 8.58. The molecule has 12 nitrogen and oxygen atoms in total. The third-order valence-corrected chi connectivity index (χ3v) is 8.58. The molecule has 0 aliphatic carbocycles. The molecule has 256 valence electrons. The van der Waals surface area contributed by atoms with E-state index in [0.29, 0.717) is 33.9 Å². The lowest BCUT2D eigenvalue weighted by atomic mass is 10.2. The molecule has 0 aliphatic heterocycles. The summed E-state index contributed by atoms with van der Waals surface area (Å²) in [4.78, 5) is 23.1. The van der Waals surface area contributed by atoms with E-state index in [-0.39, 0.29) is 0 Å². The first-order chi connectivity index (χ1) is 25.3. The number of benzene rings is 4. The van der Waals surface area contributed by atoms with Gasteiger partial charge in [-0.15, -0.1) is 10.2 Å². The summed E-state index contributed by atoms with van der Waals surface area (Å²) >= 11 is 0. The van der Waals surface area contributed by atoms with E-state index in [0.717, 1.165) is 46.7 Å². The van der Waals surface area contributed by atoms with E-state index in [2.05, 4.69) is 30.8 Å². The molecule has 0 spiro atoms. The monoisotopic (exact) mass is 686 g/mol. The molecule has 0 unspecified atom stereocenters. The van der Waals surface area contributed by atoms with Crippen LogP contribution >= 0.6 is 0 Å². The molecular weight excluding hydrogens is 653 g/mol. The van der Waals surface area contributed by atoms with Crippen molar-refractivity contribution in [2.45, 2.75) is 27.7 Å². The van der Waals surface area contributed by atoms with Crippen molar-refractivity contribution < 1.29 is 9.59 Å². The number of para-hydroxylation sites is 2. The maximum absolute atomic E-state index is 11.6. The predicted molar refractivity (Wildman–Crippen MR) is 198 cm³/mol. The number of aryl methyl sites for hydroxylation is 2. The molecule has 0 radical (unpaired) electrons. The number of nitrogens with zero attached hydrogens (tertiary/aromatic N) is 10. The molecule has 4 heterocycles. The maximum Gasteiger partial charge on any atom is 0.153 e. The number of aldehydes is 2. The van der Waals surface area contributed by atoms with Crippen molar-refractivity contribution in [2.24, 2.45) is 0 Å². The van der Waals surface area contributed by atoms with Gasteiger partial charge in [0.1, 0.15) is 22.8 Å². The smallest absolute Gasteiger partial charge is 0.153 e. The van der Waals surface area contributed by atoms with Crippen LogP contribution in [0.5, 0.6) is 0 Å². The van der Waals surface area contributed by atoms with Crippen molar-refractivity contribution in [1.29, 1.82) is 0 Å². The molecular formula is C40H34N10O2. The fourth-order valence-electron chi connectivity index (χ4n) is 5.70. The Bertz CT molecular complexity index is 2300. The van der Waals surface area contributed by atoms with Crippen LogP contribution in [0.25, 0.3) is 45.5 Å². The maximum atomic E-state index is 11.6. The summed E-state index contributed by atoms with van der Waals surface area (Å²) in [6.45, 7) is 7.92. The number of hydrogen-bond acceptors (Lipinski definition) is 8. The van der Waals surface area contributed by atoms with Crippen molar-refractivity contribution in [2.75, 3.05) is 0 Å². The first-order valence-electron chi connectivity index (χ1n) is 16.5. The molecule has 0 aliphatic rings. The van der Waals surface area contributed by atoms with Gasteiger partial charge in [0.05, 0.1) is 45.3 Å². The van der Waals surface area contributed by atoms with Crippen LogP contribution in [0.15, 0.2) is 122 Å². The minimum absolute atomic E-state index is 0.480.